The highest BCUT2D eigenvalue weighted by Crippen LogP contribution is 2.20. The van der Waals surface area contributed by atoms with E-state index in [2.05, 4.69) is 17.0 Å². The molecule has 164 valence electrons. The van der Waals surface area contributed by atoms with E-state index in [9.17, 15) is 14.4 Å². The highest BCUT2D eigenvalue weighted by atomic mass is 35.5. The van der Waals surface area contributed by atoms with Crippen molar-refractivity contribution in [3.05, 3.63) is 105 Å². The number of ketones is 1. The second-order valence-electron chi connectivity index (χ2n) is 7.81. The van der Waals surface area contributed by atoms with Crippen molar-refractivity contribution < 1.29 is 9.59 Å². The smallest absolute Gasteiger partial charge is 0.253 e. The summed E-state index contributed by atoms with van der Waals surface area (Å²) in [6.45, 7) is 3.21. The van der Waals surface area contributed by atoms with Crippen molar-refractivity contribution in [1.29, 1.82) is 0 Å². The molecule has 0 saturated carbocycles. The molecule has 0 N–H and O–H groups in total. The van der Waals surface area contributed by atoms with Crippen LogP contribution in [0.3, 0.4) is 0 Å². The van der Waals surface area contributed by atoms with Gasteiger partial charge in [0, 0.05) is 55.6 Å². The Morgan fingerprint density at radius 2 is 1.50 bits per heavy atom. The van der Waals surface area contributed by atoms with Gasteiger partial charge >= 0.3 is 0 Å². The summed E-state index contributed by atoms with van der Waals surface area (Å²) < 4.78 is 1.22. The maximum absolute atomic E-state index is 13.5. The maximum Gasteiger partial charge on any atom is 0.253 e. The van der Waals surface area contributed by atoms with Crippen LogP contribution in [0.4, 0.5) is 0 Å². The van der Waals surface area contributed by atoms with Crippen LogP contribution in [0.1, 0.15) is 22.0 Å². The number of rotatable bonds is 6. The monoisotopic (exact) mass is 449 g/mol. The molecule has 2 heterocycles. The Bertz CT molecular complexity index is 1140. The van der Waals surface area contributed by atoms with Crippen LogP contribution in [0.5, 0.6) is 0 Å². The molecule has 2 aromatic carbocycles. The van der Waals surface area contributed by atoms with Crippen LogP contribution in [0.15, 0.2) is 83.8 Å². The first-order valence-electron chi connectivity index (χ1n) is 10.5. The van der Waals surface area contributed by atoms with E-state index in [1.54, 1.807) is 41.3 Å². The number of halogens is 1. The maximum atomic E-state index is 13.5. The van der Waals surface area contributed by atoms with Crippen molar-refractivity contribution in [2.75, 3.05) is 26.2 Å². The second-order valence-corrected chi connectivity index (χ2v) is 8.24. The summed E-state index contributed by atoms with van der Waals surface area (Å²) >= 11 is 5.95. The minimum Gasteiger partial charge on any atom is -0.338 e. The number of hydrogen-bond acceptors (Lipinski definition) is 4. The molecule has 1 unspecified atom stereocenters. The molecule has 4 rings (SSSR count). The summed E-state index contributed by atoms with van der Waals surface area (Å²) in [6, 6.07) is 19.9. The standard InChI is InChI=1S/C25H24ClN3O3/c26-21-11-9-20(10-12-21)24(31)23(29-13-5-4-8-22(29)30)25(32)28-16-14-27(15-17-28)18-19-6-2-1-3-7-19/h1-13,23H,14-18H2. The molecule has 1 fully saturated rings. The van der Waals surface area contributed by atoms with Crippen LogP contribution in [0.2, 0.25) is 5.02 Å². The molecular formula is C25H24ClN3O3. The fourth-order valence-electron chi connectivity index (χ4n) is 3.92. The lowest BCUT2D eigenvalue weighted by Crippen LogP contribution is -2.52. The van der Waals surface area contributed by atoms with Gasteiger partial charge in [-0.25, -0.2) is 0 Å². The van der Waals surface area contributed by atoms with Crippen molar-refractivity contribution in [2.45, 2.75) is 12.6 Å². The zero-order valence-corrected chi connectivity index (χ0v) is 18.3. The van der Waals surface area contributed by atoms with Crippen molar-refractivity contribution in [3.8, 4) is 0 Å². The molecule has 1 atom stereocenters. The van der Waals surface area contributed by atoms with Gasteiger partial charge in [0.25, 0.3) is 11.5 Å². The Balaban J connectivity index is 1.53. The Labute approximate surface area is 191 Å². The normalized spacial score (nSPS) is 15.3. The molecule has 1 aliphatic heterocycles. The van der Waals surface area contributed by atoms with E-state index in [0.29, 0.717) is 36.8 Å². The fraction of sp³-hybridized carbons (Fsp3) is 0.240. The van der Waals surface area contributed by atoms with Crippen LogP contribution < -0.4 is 5.56 Å². The highest BCUT2D eigenvalue weighted by Gasteiger charge is 2.34. The third-order valence-corrected chi connectivity index (χ3v) is 5.93. The predicted octanol–water partition coefficient (Wildman–Crippen LogP) is 3.27. The number of hydrogen-bond donors (Lipinski definition) is 0. The van der Waals surface area contributed by atoms with E-state index < -0.39 is 17.4 Å². The molecule has 3 aromatic rings. The Hall–Kier alpha value is -3.22. The SMILES string of the molecule is O=C(c1ccc(Cl)cc1)C(C(=O)N1CCN(Cc2ccccc2)CC1)n1ccccc1=O. The fourth-order valence-corrected chi connectivity index (χ4v) is 4.05. The number of piperazine rings is 1. The lowest BCUT2D eigenvalue weighted by molar-refractivity contribution is -0.135. The van der Waals surface area contributed by atoms with Crippen molar-refractivity contribution in [1.82, 2.24) is 14.4 Å². The summed E-state index contributed by atoms with van der Waals surface area (Å²) in [5.74, 6) is -0.788. The predicted molar refractivity (Wildman–Crippen MR) is 124 cm³/mol. The molecule has 1 aromatic heterocycles. The number of benzene rings is 2. The number of pyridine rings is 1. The summed E-state index contributed by atoms with van der Waals surface area (Å²) in [5, 5.41) is 0.496. The zero-order valence-electron chi connectivity index (χ0n) is 17.6. The van der Waals surface area contributed by atoms with Gasteiger partial charge in [-0.3, -0.25) is 23.9 Å². The van der Waals surface area contributed by atoms with Gasteiger partial charge in [-0.1, -0.05) is 48.0 Å². The van der Waals surface area contributed by atoms with Crippen LogP contribution in [-0.2, 0) is 11.3 Å². The molecule has 7 heteroatoms. The molecule has 1 aliphatic rings. The van der Waals surface area contributed by atoms with E-state index in [4.69, 9.17) is 11.6 Å². The molecule has 1 amide bonds. The second kappa shape index (κ2) is 9.94. The first-order valence-corrected chi connectivity index (χ1v) is 10.9. The largest absolute Gasteiger partial charge is 0.338 e. The first kappa shape index (κ1) is 22.0. The molecule has 6 nitrogen and oxygen atoms in total. The highest BCUT2D eigenvalue weighted by molar-refractivity contribution is 6.30. The molecular weight excluding hydrogens is 426 g/mol. The topological polar surface area (TPSA) is 62.6 Å². The minimum absolute atomic E-state index is 0.339. The molecule has 0 bridgehead atoms. The molecule has 32 heavy (non-hydrogen) atoms. The Morgan fingerprint density at radius 3 is 2.16 bits per heavy atom. The molecule has 0 spiro atoms. The van der Waals surface area contributed by atoms with Gasteiger partial charge < -0.3 is 4.90 Å². The number of nitrogens with zero attached hydrogens (tertiary/aromatic N) is 3. The van der Waals surface area contributed by atoms with Crippen molar-refractivity contribution in [3.63, 3.8) is 0 Å². The third kappa shape index (κ3) is 4.98. The number of carbonyl (C=O) groups is 2. The van der Waals surface area contributed by atoms with E-state index in [0.717, 1.165) is 6.54 Å². The summed E-state index contributed by atoms with van der Waals surface area (Å²) in [7, 11) is 0. The number of amides is 1. The van der Waals surface area contributed by atoms with Gasteiger partial charge in [0.1, 0.15) is 0 Å². The van der Waals surface area contributed by atoms with E-state index in [-0.39, 0.29) is 5.91 Å². The lowest BCUT2D eigenvalue weighted by atomic mass is 10.0. The van der Waals surface area contributed by atoms with E-state index in [1.807, 2.05) is 18.2 Å². The van der Waals surface area contributed by atoms with Crippen LogP contribution in [0, 0.1) is 0 Å². The Morgan fingerprint density at radius 1 is 0.844 bits per heavy atom. The number of Topliss-reactive ketones (excluding diaryl/α,β-unsaturated/α-hetero) is 1. The third-order valence-electron chi connectivity index (χ3n) is 5.67. The van der Waals surface area contributed by atoms with Crippen LogP contribution in [0.25, 0.3) is 0 Å². The Kier molecular flexibility index (Phi) is 6.83. The van der Waals surface area contributed by atoms with Crippen molar-refractivity contribution in [2.24, 2.45) is 0 Å². The van der Waals surface area contributed by atoms with Crippen LogP contribution in [-0.4, -0.2) is 52.2 Å². The lowest BCUT2D eigenvalue weighted by Gasteiger charge is -2.36. The van der Waals surface area contributed by atoms with Crippen molar-refractivity contribution >= 4 is 23.3 Å². The summed E-state index contributed by atoms with van der Waals surface area (Å²) in [4.78, 5) is 43.3. The molecule has 0 radical (unpaired) electrons. The molecule has 1 saturated heterocycles. The van der Waals surface area contributed by atoms with Gasteiger partial charge in [-0.15, -0.1) is 0 Å². The first-order chi connectivity index (χ1) is 15.5. The van der Waals surface area contributed by atoms with Gasteiger partial charge in [0.15, 0.2) is 11.8 Å². The zero-order chi connectivity index (χ0) is 22.5. The van der Waals surface area contributed by atoms with Gasteiger partial charge in [0.05, 0.1) is 0 Å². The average Bonchev–Trinajstić information content (AvgIpc) is 2.82. The number of carbonyl (C=O) groups excluding carboxylic acids is 2. The number of aromatic nitrogens is 1. The molecule has 0 aliphatic carbocycles. The average molecular weight is 450 g/mol. The van der Waals surface area contributed by atoms with Gasteiger partial charge in [-0.2, -0.15) is 0 Å². The quantitative estimate of drug-likeness (QED) is 0.428. The van der Waals surface area contributed by atoms with Gasteiger partial charge in [-0.05, 0) is 35.9 Å². The van der Waals surface area contributed by atoms with Crippen LogP contribution >= 0.6 is 11.6 Å². The minimum atomic E-state index is -1.24. The summed E-state index contributed by atoms with van der Waals surface area (Å²) in [5.41, 5.74) is 1.17. The van der Waals surface area contributed by atoms with Gasteiger partial charge in [0.2, 0.25) is 0 Å². The van der Waals surface area contributed by atoms with E-state index in [1.165, 1.54) is 22.4 Å². The van der Waals surface area contributed by atoms with E-state index >= 15 is 0 Å². The summed E-state index contributed by atoms with van der Waals surface area (Å²) in [6.07, 6.45) is 1.49.